The molecule has 0 aliphatic carbocycles. The van der Waals surface area contributed by atoms with Gasteiger partial charge in [-0.1, -0.05) is 36.4 Å². The summed E-state index contributed by atoms with van der Waals surface area (Å²) in [6.07, 6.45) is 6.15. The Labute approximate surface area is 213 Å². The van der Waals surface area contributed by atoms with Crippen LogP contribution in [0.2, 0.25) is 0 Å². The number of aromatic nitrogens is 2. The van der Waals surface area contributed by atoms with E-state index in [4.69, 9.17) is 9.47 Å². The summed E-state index contributed by atoms with van der Waals surface area (Å²) < 4.78 is 13.7. The van der Waals surface area contributed by atoms with Crippen molar-refractivity contribution >= 4 is 6.09 Å². The van der Waals surface area contributed by atoms with Gasteiger partial charge < -0.3 is 19.5 Å². The number of piperidine rings is 1. The third kappa shape index (κ3) is 7.10. The van der Waals surface area contributed by atoms with Gasteiger partial charge in [-0.15, -0.1) is 0 Å². The van der Waals surface area contributed by atoms with E-state index in [1.165, 1.54) is 0 Å². The molecule has 0 unspecified atom stereocenters. The van der Waals surface area contributed by atoms with Gasteiger partial charge in [-0.3, -0.25) is 4.68 Å². The molecule has 36 heavy (non-hydrogen) atoms. The third-order valence-electron chi connectivity index (χ3n) is 6.34. The van der Waals surface area contributed by atoms with Crippen molar-refractivity contribution in [1.82, 2.24) is 14.7 Å². The predicted octanol–water partition coefficient (Wildman–Crippen LogP) is 5.31. The number of hydrogen-bond acceptors (Lipinski definition) is 5. The molecule has 0 atom stereocenters. The first kappa shape index (κ1) is 25.8. The number of carbonyl (C=O) groups is 1. The number of aliphatic hydroxyl groups excluding tert-OH is 1. The summed E-state index contributed by atoms with van der Waals surface area (Å²) in [5.74, 6) is 1.25. The standard InChI is InChI=1S/C29H37N3O4/c1-29(2,3)36-28(34)31-14-11-23(12-15-31)19-32-20-25(18-30-32)26-17-22(13-16-33)9-10-27(26)35-21-24-7-5-4-6-8-24/h4-10,17-18,20,23,33H,11-16,19,21H2,1-3H3. The van der Waals surface area contributed by atoms with Crippen LogP contribution in [0.25, 0.3) is 11.1 Å². The molecule has 0 spiro atoms. The van der Waals surface area contributed by atoms with Crippen molar-refractivity contribution in [3.05, 3.63) is 72.1 Å². The molecule has 4 rings (SSSR count). The maximum atomic E-state index is 12.3. The van der Waals surface area contributed by atoms with E-state index >= 15 is 0 Å². The summed E-state index contributed by atoms with van der Waals surface area (Å²) in [5.41, 5.74) is 3.66. The Morgan fingerprint density at radius 2 is 1.83 bits per heavy atom. The maximum absolute atomic E-state index is 12.3. The van der Waals surface area contributed by atoms with Gasteiger partial charge in [0.1, 0.15) is 18.0 Å². The highest BCUT2D eigenvalue weighted by Gasteiger charge is 2.27. The van der Waals surface area contributed by atoms with Crippen LogP contribution in [0.1, 0.15) is 44.7 Å². The molecule has 2 aromatic carbocycles. The molecule has 0 bridgehead atoms. The molecule has 1 aromatic heterocycles. The summed E-state index contributed by atoms with van der Waals surface area (Å²) in [5, 5.41) is 14.0. The zero-order valence-electron chi connectivity index (χ0n) is 21.5. The molecular weight excluding hydrogens is 454 g/mol. The van der Waals surface area contributed by atoms with Crippen LogP contribution in [0.3, 0.4) is 0 Å². The molecule has 1 amide bonds. The smallest absolute Gasteiger partial charge is 0.410 e. The van der Waals surface area contributed by atoms with E-state index in [-0.39, 0.29) is 12.7 Å². The van der Waals surface area contributed by atoms with E-state index in [1.54, 1.807) is 4.90 Å². The molecule has 7 heteroatoms. The van der Waals surface area contributed by atoms with Crippen molar-refractivity contribution in [1.29, 1.82) is 0 Å². The first-order valence-electron chi connectivity index (χ1n) is 12.7. The molecule has 1 N–H and O–H groups in total. The Morgan fingerprint density at radius 3 is 2.53 bits per heavy atom. The average molecular weight is 492 g/mol. The van der Waals surface area contributed by atoms with Gasteiger partial charge in [0, 0.05) is 43.6 Å². The molecule has 7 nitrogen and oxygen atoms in total. The minimum absolute atomic E-state index is 0.102. The monoisotopic (exact) mass is 491 g/mol. The SMILES string of the molecule is CC(C)(C)OC(=O)N1CCC(Cn2cc(-c3cc(CCO)ccc3OCc3ccccc3)cn2)CC1. The van der Waals surface area contributed by atoms with Crippen LogP contribution < -0.4 is 4.74 Å². The van der Waals surface area contributed by atoms with Crippen molar-refractivity contribution in [2.75, 3.05) is 19.7 Å². The summed E-state index contributed by atoms with van der Waals surface area (Å²) >= 11 is 0. The highest BCUT2D eigenvalue weighted by molar-refractivity contribution is 5.70. The van der Waals surface area contributed by atoms with Gasteiger partial charge in [-0.25, -0.2) is 4.79 Å². The minimum atomic E-state index is -0.475. The lowest BCUT2D eigenvalue weighted by Crippen LogP contribution is -2.42. The maximum Gasteiger partial charge on any atom is 0.410 e. The first-order valence-corrected chi connectivity index (χ1v) is 12.7. The molecule has 3 aromatic rings. The molecule has 1 aliphatic heterocycles. The molecule has 0 radical (unpaired) electrons. The third-order valence-corrected chi connectivity index (χ3v) is 6.34. The van der Waals surface area contributed by atoms with Crippen LogP contribution in [0.15, 0.2) is 60.9 Å². The Kier molecular flexibility index (Phi) is 8.31. The van der Waals surface area contributed by atoms with Gasteiger partial charge in [-0.05, 0) is 69.2 Å². The lowest BCUT2D eigenvalue weighted by molar-refractivity contribution is 0.0177. The van der Waals surface area contributed by atoms with Gasteiger partial charge >= 0.3 is 6.09 Å². The molecule has 0 saturated carbocycles. The fraction of sp³-hybridized carbons (Fsp3) is 0.448. The molecule has 2 heterocycles. The minimum Gasteiger partial charge on any atom is -0.488 e. The fourth-order valence-corrected chi connectivity index (χ4v) is 4.44. The zero-order chi connectivity index (χ0) is 25.5. The summed E-state index contributed by atoms with van der Waals surface area (Å²) in [7, 11) is 0. The fourth-order valence-electron chi connectivity index (χ4n) is 4.44. The average Bonchev–Trinajstić information content (AvgIpc) is 3.31. The topological polar surface area (TPSA) is 76.8 Å². The second kappa shape index (κ2) is 11.6. The van der Waals surface area contributed by atoms with Crippen LogP contribution >= 0.6 is 0 Å². The van der Waals surface area contributed by atoms with Crippen LogP contribution in [0.4, 0.5) is 4.79 Å². The molecule has 1 aliphatic rings. The van der Waals surface area contributed by atoms with Crippen LogP contribution in [-0.2, 0) is 24.3 Å². The van der Waals surface area contributed by atoms with Crippen LogP contribution in [0.5, 0.6) is 5.75 Å². The molecular formula is C29H37N3O4. The lowest BCUT2D eigenvalue weighted by atomic mass is 9.97. The highest BCUT2D eigenvalue weighted by Crippen LogP contribution is 2.32. The summed E-state index contributed by atoms with van der Waals surface area (Å²) in [4.78, 5) is 14.2. The number of nitrogens with zero attached hydrogens (tertiary/aromatic N) is 3. The quantitative estimate of drug-likeness (QED) is 0.462. The summed E-state index contributed by atoms with van der Waals surface area (Å²) in [6.45, 7) is 8.48. The Bertz CT molecular complexity index is 1130. The van der Waals surface area contributed by atoms with E-state index in [0.717, 1.165) is 47.4 Å². The van der Waals surface area contributed by atoms with E-state index < -0.39 is 5.60 Å². The van der Waals surface area contributed by atoms with Gasteiger partial charge in [0.2, 0.25) is 0 Å². The number of benzene rings is 2. The van der Waals surface area contributed by atoms with Crippen molar-refractivity contribution in [2.45, 2.75) is 58.8 Å². The van der Waals surface area contributed by atoms with Crippen molar-refractivity contribution in [3.63, 3.8) is 0 Å². The second-order valence-corrected chi connectivity index (χ2v) is 10.4. The first-order chi connectivity index (χ1) is 17.3. The van der Waals surface area contributed by atoms with E-state index in [0.29, 0.717) is 32.0 Å². The van der Waals surface area contributed by atoms with Gasteiger partial charge in [-0.2, -0.15) is 5.10 Å². The number of aliphatic hydroxyl groups is 1. The van der Waals surface area contributed by atoms with E-state index in [9.17, 15) is 9.90 Å². The second-order valence-electron chi connectivity index (χ2n) is 10.4. The molecule has 192 valence electrons. The predicted molar refractivity (Wildman–Crippen MR) is 140 cm³/mol. The number of rotatable bonds is 8. The summed E-state index contributed by atoms with van der Waals surface area (Å²) in [6, 6.07) is 16.2. The zero-order valence-corrected chi connectivity index (χ0v) is 21.5. The number of likely N-dealkylation sites (tertiary alicyclic amines) is 1. The number of ether oxygens (including phenoxy) is 2. The van der Waals surface area contributed by atoms with E-state index in [1.807, 2.05) is 74.1 Å². The Balaban J connectivity index is 1.41. The van der Waals surface area contributed by atoms with Gasteiger partial charge in [0.05, 0.1) is 6.20 Å². The van der Waals surface area contributed by atoms with E-state index in [2.05, 4.69) is 17.4 Å². The highest BCUT2D eigenvalue weighted by atomic mass is 16.6. The lowest BCUT2D eigenvalue weighted by Gasteiger charge is -2.33. The largest absolute Gasteiger partial charge is 0.488 e. The van der Waals surface area contributed by atoms with Crippen molar-refractivity contribution < 1.29 is 19.4 Å². The normalized spacial score (nSPS) is 14.6. The number of carbonyl (C=O) groups excluding carboxylic acids is 1. The van der Waals surface area contributed by atoms with Crippen molar-refractivity contribution in [3.8, 4) is 16.9 Å². The Morgan fingerprint density at radius 1 is 1.08 bits per heavy atom. The number of hydrogen-bond donors (Lipinski definition) is 1. The molecule has 1 fully saturated rings. The van der Waals surface area contributed by atoms with Crippen LogP contribution in [-0.4, -0.2) is 51.2 Å². The van der Waals surface area contributed by atoms with Crippen LogP contribution in [0, 0.1) is 5.92 Å². The van der Waals surface area contributed by atoms with Gasteiger partial charge in [0.15, 0.2) is 0 Å². The number of amides is 1. The van der Waals surface area contributed by atoms with Crippen molar-refractivity contribution in [2.24, 2.45) is 5.92 Å². The van der Waals surface area contributed by atoms with Gasteiger partial charge in [0.25, 0.3) is 0 Å². The Hall–Kier alpha value is -3.32. The molecule has 1 saturated heterocycles.